The van der Waals surface area contributed by atoms with Crippen LogP contribution in [0, 0.1) is 0 Å². The van der Waals surface area contributed by atoms with Crippen molar-refractivity contribution in [3.63, 3.8) is 0 Å². The maximum absolute atomic E-state index is 11.9. The fraction of sp³-hybridized carbons (Fsp3) is 0.364. The summed E-state index contributed by atoms with van der Waals surface area (Å²) in [5.74, 6) is -1.08. The van der Waals surface area contributed by atoms with Gasteiger partial charge in [-0.25, -0.2) is 4.79 Å². The van der Waals surface area contributed by atoms with Gasteiger partial charge >= 0.3 is 12.0 Å². The highest BCUT2D eigenvalue weighted by Crippen LogP contribution is 2.14. The average Bonchev–Trinajstić information content (AvgIpc) is 2.34. The van der Waals surface area contributed by atoms with Crippen LogP contribution < -0.4 is 5.32 Å². The number of amides is 2. The van der Waals surface area contributed by atoms with Crippen molar-refractivity contribution in [3.05, 3.63) is 22.9 Å². The Morgan fingerprint density at radius 1 is 1.53 bits per heavy atom. The molecule has 0 fully saturated rings. The molecule has 0 atom stereocenters. The van der Waals surface area contributed by atoms with E-state index in [9.17, 15) is 9.59 Å². The van der Waals surface area contributed by atoms with Crippen molar-refractivity contribution in [1.82, 2.24) is 9.88 Å². The first-order chi connectivity index (χ1) is 9.02. The average molecular weight is 332 g/mol. The van der Waals surface area contributed by atoms with Crippen LogP contribution in [0.1, 0.15) is 0 Å². The van der Waals surface area contributed by atoms with Crippen LogP contribution in [0.25, 0.3) is 0 Å². The van der Waals surface area contributed by atoms with E-state index in [1.165, 1.54) is 13.3 Å². The summed E-state index contributed by atoms with van der Waals surface area (Å²) in [7, 11) is 1.48. The van der Waals surface area contributed by atoms with Crippen LogP contribution in [-0.4, -0.2) is 53.8 Å². The summed E-state index contributed by atoms with van der Waals surface area (Å²) in [6, 6.07) is 1.15. The minimum atomic E-state index is -1.08. The van der Waals surface area contributed by atoms with Crippen LogP contribution in [0.15, 0.2) is 22.9 Å². The van der Waals surface area contributed by atoms with Crippen molar-refractivity contribution < 1.29 is 19.4 Å². The van der Waals surface area contributed by atoms with Gasteiger partial charge in [0.25, 0.3) is 0 Å². The summed E-state index contributed by atoms with van der Waals surface area (Å²) < 4.78 is 5.55. The Balaban J connectivity index is 2.67. The Hall–Kier alpha value is -1.67. The van der Waals surface area contributed by atoms with E-state index in [-0.39, 0.29) is 13.2 Å². The highest BCUT2D eigenvalue weighted by molar-refractivity contribution is 9.10. The molecule has 0 bridgehead atoms. The van der Waals surface area contributed by atoms with Crippen molar-refractivity contribution in [2.24, 2.45) is 0 Å². The van der Waals surface area contributed by atoms with E-state index < -0.39 is 18.5 Å². The number of aromatic nitrogens is 1. The number of urea groups is 1. The third-order valence-electron chi connectivity index (χ3n) is 2.13. The number of carboxylic acid groups (broad SMARTS) is 1. The number of aliphatic carboxylic acids is 1. The first-order valence-corrected chi connectivity index (χ1v) is 6.19. The molecule has 0 aliphatic rings. The van der Waals surface area contributed by atoms with Crippen LogP contribution >= 0.6 is 15.9 Å². The molecule has 7 nitrogen and oxygen atoms in total. The summed E-state index contributed by atoms with van der Waals surface area (Å²) in [5.41, 5.74) is 0.479. The summed E-state index contributed by atoms with van der Waals surface area (Å²) >= 11 is 3.23. The largest absolute Gasteiger partial charge is 0.480 e. The predicted octanol–water partition coefficient (Wildman–Crippen LogP) is 1.41. The predicted molar refractivity (Wildman–Crippen MR) is 72.0 cm³/mol. The van der Waals surface area contributed by atoms with Gasteiger partial charge in [0, 0.05) is 24.3 Å². The molecule has 2 amide bonds. The number of hydrogen-bond acceptors (Lipinski definition) is 4. The molecule has 0 unspecified atom stereocenters. The molecule has 0 saturated heterocycles. The van der Waals surface area contributed by atoms with Gasteiger partial charge in [-0.1, -0.05) is 0 Å². The maximum Gasteiger partial charge on any atom is 0.323 e. The lowest BCUT2D eigenvalue weighted by atomic mass is 10.4. The van der Waals surface area contributed by atoms with Gasteiger partial charge in [0.05, 0.1) is 18.5 Å². The number of rotatable bonds is 6. The molecule has 0 radical (unpaired) electrons. The van der Waals surface area contributed by atoms with Gasteiger partial charge in [-0.3, -0.25) is 9.78 Å². The molecule has 19 heavy (non-hydrogen) atoms. The quantitative estimate of drug-likeness (QED) is 0.822. The lowest BCUT2D eigenvalue weighted by molar-refractivity contribution is -0.137. The second-order valence-corrected chi connectivity index (χ2v) is 4.55. The van der Waals surface area contributed by atoms with Crippen molar-refractivity contribution in [2.45, 2.75) is 0 Å². The summed E-state index contributed by atoms with van der Waals surface area (Å²) in [5, 5.41) is 11.3. The maximum atomic E-state index is 11.9. The summed E-state index contributed by atoms with van der Waals surface area (Å²) in [4.78, 5) is 27.7. The van der Waals surface area contributed by atoms with Gasteiger partial charge in [-0.2, -0.15) is 0 Å². The minimum Gasteiger partial charge on any atom is -0.480 e. The van der Waals surface area contributed by atoms with Crippen LogP contribution in [-0.2, 0) is 9.53 Å². The molecule has 1 rings (SSSR count). The second-order valence-electron chi connectivity index (χ2n) is 3.63. The van der Waals surface area contributed by atoms with Crippen molar-refractivity contribution in [3.8, 4) is 0 Å². The van der Waals surface area contributed by atoms with E-state index in [4.69, 9.17) is 9.84 Å². The first-order valence-electron chi connectivity index (χ1n) is 5.40. The van der Waals surface area contributed by atoms with Gasteiger partial charge in [0.2, 0.25) is 0 Å². The van der Waals surface area contributed by atoms with E-state index in [0.717, 1.165) is 4.90 Å². The van der Waals surface area contributed by atoms with E-state index >= 15 is 0 Å². The van der Waals surface area contributed by atoms with Crippen LogP contribution in [0.3, 0.4) is 0 Å². The second kappa shape index (κ2) is 7.70. The molecular weight excluding hydrogens is 318 g/mol. The Morgan fingerprint density at radius 3 is 2.84 bits per heavy atom. The van der Waals surface area contributed by atoms with Gasteiger partial charge in [-0.05, 0) is 22.0 Å². The molecule has 1 heterocycles. The van der Waals surface area contributed by atoms with E-state index in [2.05, 4.69) is 26.2 Å². The fourth-order valence-electron chi connectivity index (χ4n) is 1.30. The first kappa shape index (κ1) is 15.4. The molecule has 1 aromatic heterocycles. The number of halogens is 1. The zero-order valence-corrected chi connectivity index (χ0v) is 11.9. The molecule has 1 aromatic rings. The monoisotopic (exact) mass is 331 g/mol. The Labute approximate surface area is 118 Å². The van der Waals surface area contributed by atoms with Crippen LogP contribution in [0.5, 0.6) is 0 Å². The van der Waals surface area contributed by atoms with Gasteiger partial charge < -0.3 is 20.1 Å². The lowest BCUT2D eigenvalue weighted by Crippen LogP contribution is -2.40. The Kier molecular flexibility index (Phi) is 6.23. The standard InChI is InChI=1S/C11H14BrN3O4/c1-19-3-2-15(7-10(16)17)11(18)14-9-4-8(12)5-13-6-9/h4-6H,2-3,7H2,1H3,(H,14,18)(H,16,17). The van der Waals surface area contributed by atoms with E-state index in [1.807, 2.05) is 0 Å². The van der Waals surface area contributed by atoms with E-state index in [0.29, 0.717) is 10.2 Å². The van der Waals surface area contributed by atoms with Gasteiger partial charge in [0.1, 0.15) is 6.54 Å². The minimum absolute atomic E-state index is 0.191. The van der Waals surface area contributed by atoms with Gasteiger partial charge in [0.15, 0.2) is 0 Å². The van der Waals surface area contributed by atoms with E-state index in [1.54, 1.807) is 12.3 Å². The normalized spacial score (nSPS) is 10.0. The molecule has 0 spiro atoms. The number of carboxylic acids is 1. The number of anilines is 1. The molecule has 8 heteroatoms. The Bertz CT molecular complexity index is 455. The smallest absolute Gasteiger partial charge is 0.323 e. The third-order valence-corrected chi connectivity index (χ3v) is 2.57. The van der Waals surface area contributed by atoms with Crippen molar-refractivity contribution in [1.29, 1.82) is 0 Å². The summed E-state index contributed by atoms with van der Waals surface area (Å²) in [6.45, 7) is 0.0596. The number of pyridine rings is 1. The zero-order chi connectivity index (χ0) is 14.3. The number of nitrogens with zero attached hydrogens (tertiary/aromatic N) is 2. The number of carbonyl (C=O) groups is 2. The fourth-order valence-corrected chi connectivity index (χ4v) is 1.66. The number of methoxy groups -OCH3 is 1. The topological polar surface area (TPSA) is 91.8 Å². The lowest BCUT2D eigenvalue weighted by Gasteiger charge is -2.20. The SMILES string of the molecule is COCCN(CC(=O)O)C(=O)Nc1cncc(Br)c1. The molecular formula is C11H14BrN3O4. The van der Waals surface area contributed by atoms with Crippen LogP contribution in [0.2, 0.25) is 0 Å². The number of carbonyl (C=O) groups excluding carboxylic acids is 1. The molecule has 104 valence electrons. The molecule has 0 aromatic carbocycles. The highest BCUT2D eigenvalue weighted by Gasteiger charge is 2.16. The number of nitrogens with one attached hydrogen (secondary N) is 1. The number of ether oxygens (including phenoxy) is 1. The number of hydrogen-bond donors (Lipinski definition) is 2. The molecule has 0 aliphatic heterocycles. The molecule has 0 aliphatic carbocycles. The zero-order valence-electron chi connectivity index (χ0n) is 10.3. The molecule has 2 N–H and O–H groups in total. The summed E-state index contributed by atoms with van der Waals surface area (Å²) in [6.07, 6.45) is 3.05. The third kappa shape index (κ3) is 5.66. The van der Waals surface area contributed by atoms with Crippen molar-refractivity contribution >= 4 is 33.6 Å². The highest BCUT2D eigenvalue weighted by atomic mass is 79.9. The van der Waals surface area contributed by atoms with Gasteiger partial charge in [-0.15, -0.1) is 0 Å². The van der Waals surface area contributed by atoms with Crippen molar-refractivity contribution in [2.75, 3.05) is 32.1 Å². The molecule has 0 saturated carbocycles. The Morgan fingerprint density at radius 2 is 2.26 bits per heavy atom. The van der Waals surface area contributed by atoms with Crippen LogP contribution in [0.4, 0.5) is 10.5 Å².